The number of likely N-dealkylation sites (N-methyl/N-ethyl adjacent to an activating group) is 1. The first-order valence-corrected chi connectivity index (χ1v) is 7.45. The molecule has 0 saturated heterocycles. The number of hydrogen-bond donors (Lipinski definition) is 1. The van der Waals surface area contributed by atoms with Gasteiger partial charge in [0.1, 0.15) is 6.10 Å². The van der Waals surface area contributed by atoms with Crippen molar-refractivity contribution in [3.63, 3.8) is 0 Å². The Hall–Kier alpha value is -0.940. The molecule has 0 spiro atoms. The normalized spacial score (nSPS) is 28.7. The number of hydrogen-bond acceptors (Lipinski definition) is 5. The van der Waals surface area contributed by atoms with E-state index < -0.39 is 0 Å². The quantitative estimate of drug-likeness (QED) is 0.856. The molecular formula is C14H23N3O2. The predicted octanol–water partition coefficient (Wildman–Crippen LogP) is 2.41. The van der Waals surface area contributed by atoms with Crippen LogP contribution in [0.25, 0.3) is 0 Å². The van der Waals surface area contributed by atoms with Gasteiger partial charge in [-0.05, 0) is 45.6 Å². The Labute approximate surface area is 114 Å². The predicted molar refractivity (Wildman–Crippen MR) is 70.8 cm³/mol. The number of rotatable bonds is 6. The lowest BCUT2D eigenvalue weighted by molar-refractivity contribution is 0.0384. The van der Waals surface area contributed by atoms with Crippen molar-refractivity contribution in [2.24, 2.45) is 5.92 Å². The molecule has 3 unspecified atom stereocenters. The van der Waals surface area contributed by atoms with Gasteiger partial charge in [0.05, 0.1) is 5.92 Å². The summed E-state index contributed by atoms with van der Waals surface area (Å²) in [6, 6.07) is 0.472. The third kappa shape index (κ3) is 2.67. The fourth-order valence-corrected chi connectivity index (χ4v) is 3.11. The molecule has 1 heterocycles. The smallest absolute Gasteiger partial charge is 0.231 e. The van der Waals surface area contributed by atoms with Crippen LogP contribution >= 0.6 is 0 Å². The van der Waals surface area contributed by atoms with Gasteiger partial charge in [-0.15, -0.1) is 0 Å². The van der Waals surface area contributed by atoms with Crippen molar-refractivity contribution in [1.82, 2.24) is 15.5 Å². The molecule has 106 valence electrons. The molecule has 2 fully saturated rings. The summed E-state index contributed by atoms with van der Waals surface area (Å²) in [7, 11) is 2.01. The lowest BCUT2D eigenvalue weighted by Gasteiger charge is -2.14. The summed E-state index contributed by atoms with van der Waals surface area (Å²) in [5.41, 5.74) is 0. The van der Waals surface area contributed by atoms with Crippen LogP contribution in [0, 0.1) is 5.92 Å². The van der Waals surface area contributed by atoms with E-state index in [-0.39, 0.29) is 6.10 Å². The topological polar surface area (TPSA) is 60.2 Å². The van der Waals surface area contributed by atoms with E-state index in [0.717, 1.165) is 18.1 Å². The molecule has 2 aliphatic rings. The summed E-state index contributed by atoms with van der Waals surface area (Å²) < 4.78 is 11.3. The summed E-state index contributed by atoms with van der Waals surface area (Å²) in [6.45, 7) is 2.72. The molecule has 5 nitrogen and oxygen atoms in total. The van der Waals surface area contributed by atoms with E-state index in [0.29, 0.717) is 24.5 Å². The molecule has 2 aliphatic carbocycles. The van der Waals surface area contributed by atoms with Crippen molar-refractivity contribution in [3.05, 3.63) is 11.7 Å². The molecule has 3 rings (SSSR count). The lowest BCUT2D eigenvalue weighted by atomic mass is 10.0. The highest BCUT2D eigenvalue weighted by molar-refractivity contribution is 5.05. The minimum Gasteiger partial charge on any atom is -0.370 e. The Kier molecular flexibility index (Phi) is 3.84. The monoisotopic (exact) mass is 265 g/mol. The molecular weight excluding hydrogens is 242 g/mol. The molecule has 0 aliphatic heterocycles. The minimum absolute atomic E-state index is 0.0388. The second-order valence-electron chi connectivity index (χ2n) is 5.64. The lowest BCUT2D eigenvalue weighted by Crippen LogP contribution is -2.27. The molecule has 0 aromatic carbocycles. The van der Waals surface area contributed by atoms with Crippen LogP contribution in [-0.2, 0) is 4.74 Å². The molecule has 19 heavy (non-hydrogen) atoms. The minimum atomic E-state index is 0.0388. The molecule has 1 N–H and O–H groups in total. The molecule has 0 radical (unpaired) electrons. The van der Waals surface area contributed by atoms with Crippen LogP contribution in [0.15, 0.2) is 4.52 Å². The van der Waals surface area contributed by atoms with Crippen LogP contribution in [0.2, 0.25) is 0 Å². The fourth-order valence-electron chi connectivity index (χ4n) is 3.11. The zero-order valence-electron chi connectivity index (χ0n) is 11.8. The third-order valence-corrected chi connectivity index (χ3v) is 4.31. The Morgan fingerprint density at radius 1 is 1.37 bits per heavy atom. The zero-order chi connectivity index (χ0) is 13.2. The van der Waals surface area contributed by atoms with Crippen LogP contribution in [0.5, 0.6) is 0 Å². The standard InChI is InChI=1S/C14H23N3O2/c1-3-18-12(9-7-8-9)13-16-14(19-17-13)10-5-4-6-11(10)15-2/h9-12,15H,3-8H2,1-2H3. The van der Waals surface area contributed by atoms with E-state index >= 15 is 0 Å². The van der Waals surface area contributed by atoms with Gasteiger partial charge in [-0.25, -0.2) is 0 Å². The maximum absolute atomic E-state index is 5.78. The van der Waals surface area contributed by atoms with Gasteiger partial charge in [0.25, 0.3) is 0 Å². The van der Waals surface area contributed by atoms with E-state index in [1.807, 2.05) is 14.0 Å². The summed E-state index contributed by atoms with van der Waals surface area (Å²) in [5, 5.41) is 7.52. The van der Waals surface area contributed by atoms with Crippen LogP contribution in [0.3, 0.4) is 0 Å². The zero-order valence-corrected chi connectivity index (χ0v) is 11.8. The first-order valence-electron chi connectivity index (χ1n) is 7.45. The summed E-state index contributed by atoms with van der Waals surface area (Å²) in [6.07, 6.45) is 6.03. The van der Waals surface area contributed by atoms with Crippen molar-refractivity contribution >= 4 is 0 Å². The highest BCUT2D eigenvalue weighted by Gasteiger charge is 2.38. The van der Waals surface area contributed by atoms with E-state index in [1.54, 1.807) is 0 Å². The molecule has 5 heteroatoms. The number of nitrogens with zero attached hydrogens (tertiary/aromatic N) is 2. The SMILES string of the molecule is CCOC(c1noc(C2CCCC2NC)n1)C1CC1. The van der Waals surface area contributed by atoms with Gasteiger partial charge in [0, 0.05) is 12.6 Å². The largest absolute Gasteiger partial charge is 0.370 e. The summed E-state index contributed by atoms with van der Waals surface area (Å²) in [4.78, 5) is 4.63. The van der Waals surface area contributed by atoms with Gasteiger partial charge in [-0.3, -0.25) is 0 Å². The van der Waals surface area contributed by atoms with E-state index in [4.69, 9.17) is 9.26 Å². The average molecular weight is 265 g/mol. The second kappa shape index (κ2) is 5.59. The maximum atomic E-state index is 5.78. The van der Waals surface area contributed by atoms with E-state index in [1.165, 1.54) is 25.7 Å². The Morgan fingerprint density at radius 2 is 2.21 bits per heavy atom. The van der Waals surface area contributed by atoms with Crippen LogP contribution in [-0.4, -0.2) is 29.8 Å². The van der Waals surface area contributed by atoms with Gasteiger partial charge in [0.15, 0.2) is 0 Å². The average Bonchev–Trinajstić information content (AvgIpc) is 2.96. The van der Waals surface area contributed by atoms with Crippen LogP contribution in [0.1, 0.15) is 62.8 Å². The van der Waals surface area contributed by atoms with Crippen molar-refractivity contribution in [1.29, 1.82) is 0 Å². The first-order chi connectivity index (χ1) is 9.33. The van der Waals surface area contributed by atoms with E-state index in [2.05, 4.69) is 15.5 Å². The first kappa shape index (κ1) is 13.1. The Bertz CT molecular complexity index is 400. The second-order valence-corrected chi connectivity index (χ2v) is 5.64. The molecule has 1 aromatic heterocycles. The number of nitrogens with one attached hydrogen (secondary N) is 1. The van der Waals surface area contributed by atoms with Gasteiger partial charge in [-0.2, -0.15) is 4.98 Å². The molecule has 3 atom stereocenters. The van der Waals surface area contributed by atoms with Crippen LogP contribution < -0.4 is 5.32 Å². The molecule has 1 aromatic rings. The van der Waals surface area contributed by atoms with Gasteiger partial charge < -0.3 is 14.6 Å². The van der Waals surface area contributed by atoms with Gasteiger partial charge >= 0.3 is 0 Å². The Balaban J connectivity index is 1.74. The maximum Gasteiger partial charge on any atom is 0.231 e. The Morgan fingerprint density at radius 3 is 2.89 bits per heavy atom. The van der Waals surface area contributed by atoms with Crippen molar-refractivity contribution in [3.8, 4) is 0 Å². The number of aromatic nitrogens is 2. The van der Waals surface area contributed by atoms with Crippen molar-refractivity contribution < 1.29 is 9.26 Å². The van der Waals surface area contributed by atoms with Crippen molar-refractivity contribution in [2.75, 3.05) is 13.7 Å². The number of ether oxygens (including phenoxy) is 1. The van der Waals surface area contributed by atoms with Gasteiger partial charge in [-0.1, -0.05) is 11.6 Å². The van der Waals surface area contributed by atoms with Crippen molar-refractivity contribution in [2.45, 2.75) is 57.1 Å². The van der Waals surface area contributed by atoms with E-state index in [9.17, 15) is 0 Å². The third-order valence-electron chi connectivity index (χ3n) is 4.31. The summed E-state index contributed by atoms with van der Waals surface area (Å²) in [5.74, 6) is 2.50. The molecule has 0 amide bonds. The highest BCUT2D eigenvalue weighted by atomic mass is 16.5. The molecule has 2 saturated carbocycles. The summed E-state index contributed by atoms with van der Waals surface area (Å²) >= 11 is 0. The highest BCUT2D eigenvalue weighted by Crippen LogP contribution is 2.43. The fraction of sp³-hybridized carbons (Fsp3) is 0.857. The van der Waals surface area contributed by atoms with Gasteiger partial charge in [0.2, 0.25) is 11.7 Å². The van der Waals surface area contributed by atoms with Crippen LogP contribution in [0.4, 0.5) is 0 Å². The molecule has 0 bridgehead atoms.